The number of carboxylic acids is 1. The molecule has 7 heteroatoms. The summed E-state index contributed by atoms with van der Waals surface area (Å²) in [5.41, 5.74) is 0.873. The van der Waals surface area contributed by atoms with Crippen molar-refractivity contribution < 1.29 is 23.9 Å². The van der Waals surface area contributed by atoms with Crippen LogP contribution in [-0.4, -0.2) is 34.3 Å². The Labute approximate surface area is 144 Å². The first-order valence-electron chi connectivity index (χ1n) is 7.93. The molecule has 0 radical (unpaired) electrons. The Morgan fingerprint density at radius 2 is 2.12 bits per heavy atom. The van der Waals surface area contributed by atoms with Crippen LogP contribution in [0.1, 0.15) is 28.1 Å². The molecule has 1 fully saturated rings. The molecule has 1 aliphatic heterocycles. The summed E-state index contributed by atoms with van der Waals surface area (Å²) in [5.74, 6) is -1.03. The lowest BCUT2D eigenvalue weighted by molar-refractivity contribution is -0.129. The number of nitrogens with zero attached hydrogens (tertiary/aromatic N) is 1. The van der Waals surface area contributed by atoms with Crippen LogP contribution >= 0.6 is 0 Å². The average Bonchev–Trinajstić information content (AvgIpc) is 3.23. The first-order chi connectivity index (χ1) is 12.0. The quantitative estimate of drug-likeness (QED) is 0.831. The molecule has 1 saturated heterocycles. The van der Waals surface area contributed by atoms with Crippen LogP contribution in [0.15, 0.2) is 47.1 Å². The number of amides is 2. The normalized spacial score (nSPS) is 16.9. The predicted molar refractivity (Wildman–Crippen MR) is 87.5 cm³/mol. The van der Waals surface area contributed by atoms with Crippen LogP contribution in [0, 0.1) is 5.92 Å². The molecular formula is C18H18N2O5. The molecule has 2 amide bonds. The zero-order chi connectivity index (χ0) is 17.8. The minimum Gasteiger partial charge on any atom is -0.478 e. The maximum atomic E-state index is 12.3. The average molecular weight is 342 g/mol. The number of carboxylic acid groups (broad SMARTS) is 1. The highest BCUT2D eigenvalue weighted by Crippen LogP contribution is 2.20. The van der Waals surface area contributed by atoms with Crippen LogP contribution in [-0.2, 0) is 22.7 Å². The minimum absolute atomic E-state index is 0.0792. The van der Waals surface area contributed by atoms with Crippen molar-refractivity contribution in [2.75, 3.05) is 6.54 Å². The molecule has 2 heterocycles. The highest BCUT2D eigenvalue weighted by molar-refractivity contribution is 5.89. The van der Waals surface area contributed by atoms with Gasteiger partial charge in [0.15, 0.2) is 0 Å². The molecule has 0 bridgehead atoms. The highest BCUT2D eigenvalue weighted by atomic mass is 16.4. The van der Waals surface area contributed by atoms with Gasteiger partial charge in [0.25, 0.3) is 0 Å². The van der Waals surface area contributed by atoms with E-state index in [9.17, 15) is 14.4 Å². The second kappa shape index (κ2) is 7.21. The van der Waals surface area contributed by atoms with Gasteiger partial charge in [-0.2, -0.15) is 0 Å². The molecule has 2 N–H and O–H groups in total. The van der Waals surface area contributed by atoms with E-state index in [2.05, 4.69) is 5.32 Å². The van der Waals surface area contributed by atoms with E-state index in [1.165, 1.54) is 12.1 Å². The summed E-state index contributed by atoms with van der Waals surface area (Å²) >= 11 is 0. The molecule has 0 saturated carbocycles. The summed E-state index contributed by atoms with van der Waals surface area (Å²) in [7, 11) is 0. The SMILES string of the molecule is O=C(O)c1cccc(CNC(=O)[C@@H]2CC(=O)N(Cc3ccco3)C2)c1. The molecular weight excluding hydrogens is 324 g/mol. The Hall–Kier alpha value is -3.09. The van der Waals surface area contributed by atoms with Crippen LogP contribution in [0.2, 0.25) is 0 Å². The van der Waals surface area contributed by atoms with E-state index >= 15 is 0 Å². The van der Waals surface area contributed by atoms with Crippen LogP contribution < -0.4 is 5.32 Å². The van der Waals surface area contributed by atoms with Gasteiger partial charge in [-0.3, -0.25) is 9.59 Å². The van der Waals surface area contributed by atoms with E-state index in [4.69, 9.17) is 9.52 Å². The second-order valence-corrected chi connectivity index (χ2v) is 5.98. The molecule has 1 aromatic heterocycles. The lowest BCUT2D eigenvalue weighted by Crippen LogP contribution is -2.32. The van der Waals surface area contributed by atoms with Gasteiger partial charge >= 0.3 is 5.97 Å². The van der Waals surface area contributed by atoms with Gasteiger partial charge in [0, 0.05) is 19.5 Å². The van der Waals surface area contributed by atoms with E-state index in [0.29, 0.717) is 24.4 Å². The Morgan fingerprint density at radius 1 is 1.28 bits per heavy atom. The molecule has 1 atom stereocenters. The van der Waals surface area contributed by atoms with Gasteiger partial charge in [0.05, 0.1) is 24.3 Å². The van der Waals surface area contributed by atoms with Crippen LogP contribution in [0.25, 0.3) is 0 Å². The Kier molecular flexibility index (Phi) is 4.83. The van der Waals surface area contributed by atoms with Crippen molar-refractivity contribution in [1.29, 1.82) is 0 Å². The number of aromatic carboxylic acids is 1. The molecule has 130 valence electrons. The van der Waals surface area contributed by atoms with Gasteiger partial charge in [-0.05, 0) is 29.8 Å². The molecule has 0 unspecified atom stereocenters. The van der Waals surface area contributed by atoms with Crippen molar-refractivity contribution in [3.05, 3.63) is 59.5 Å². The lowest BCUT2D eigenvalue weighted by atomic mass is 10.1. The molecule has 0 spiro atoms. The molecule has 3 rings (SSSR count). The molecule has 1 aromatic carbocycles. The summed E-state index contributed by atoms with van der Waals surface area (Å²) in [6.45, 7) is 0.930. The van der Waals surface area contributed by atoms with Gasteiger partial charge < -0.3 is 19.7 Å². The zero-order valence-electron chi connectivity index (χ0n) is 13.5. The van der Waals surface area contributed by atoms with Crippen LogP contribution in [0.4, 0.5) is 0 Å². The van der Waals surface area contributed by atoms with Crippen molar-refractivity contribution in [2.45, 2.75) is 19.5 Å². The summed E-state index contributed by atoms with van der Waals surface area (Å²) < 4.78 is 5.23. The number of likely N-dealkylation sites (tertiary alicyclic amines) is 1. The van der Waals surface area contributed by atoms with E-state index in [-0.39, 0.29) is 30.3 Å². The van der Waals surface area contributed by atoms with E-state index in [1.807, 2.05) is 0 Å². The summed E-state index contributed by atoms with van der Waals surface area (Å²) in [6, 6.07) is 9.94. The molecule has 1 aliphatic rings. The number of hydrogen-bond acceptors (Lipinski definition) is 4. The zero-order valence-corrected chi connectivity index (χ0v) is 13.5. The third-order valence-electron chi connectivity index (χ3n) is 4.15. The fourth-order valence-electron chi connectivity index (χ4n) is 2.84. The fourth-order valence-corrected chi connectivity index (χ4v) is 2.84. The molecule has 2 aromatic rings. The van der Waals surface area contributed by atoms with Crippen molar-refractivity contribution in [2.24, 2.45) is 5.92 Å². The number of furan rings is 1. The fraction of sp³-hybridized carbons (Fsp3) is 0.278. The first kappa shape index (κ1) is 16.8. The van der Waals surface area contributed by atoms with Crippen molar-refractivity contribution >= 4 is 17.8 Å². The number of hydrogen-bond donors (Lipinski definition) is 2. The van der Waals surface area contributed by atoms with Gasteiger partial charge in [-0.15, -0.1) is 0 Å². The van der Waals surface area contributed by atoms with E-state index in [0.717, 1.165) is 0 Å². The van der Waals surface area contributed by atoms with Crippen molar-refractivity contribution in [1.82, 2.24) is 10.2 Å². The maximum absolute atomic E-state index is 12.3. The number of benzene rings is 1. The number of carbonyl (C=O) groups excluding carboxylic acids is 2. The third kappa shape index (κ3) is 4.06. The van der Waals surface area contributed by atoms with Gasteiger partial charge in [-0.1, -0.05) is 12.1 Å². The Bertz CT molecular complexity index is 785. The summed E-state index contributed by atoms with van der Waals surface area (Å²) in [6.07, 6.45) is 1.72. The van der Waals surface area contributed by atoms with Crippen molar-refractivity contribution in [3.8, 4) is 0 Å². The number of rotatable bonds is 6. The largest absolute Gasteiger partial charge is 0.478 e. The highest BCUT2D eigenvalue weighted by Gasteiger charge is 2.34. The Balaban J connectivity index is 1.54. The van der Waals surface area contributed by atoms with Crippen LogP contribution in [0.3, 0.4) is 0 Å². The molecule has 25 heavy (non-hydrogen) atoms. The first-order valence-corrected chi connectivity index (χ1v) is 7.93. The molecule has 7 nitrogen and oxygen atoms in total. The Morgan fingerprint density at radius 3 is 2.84 bits per heavy atom. The minimum atomic E-state index is -1.01. The van der Waals surface area contributed by atoms with Crippen LogP contribution in [0.5, 0.6) is 0 Å². The third-order valence-corrected chi connectivity index (χ3v) is 4.15. The van der Waals surface area contributed by atoms with Crippen molar-refractivity contribution in [3.63, 3.8) is 0 Å². The predicted octanol–water partition coefficient (Wildman–Crippen LogP) is 1.64. The standard InChI is InChI=1S/C18H18N2O5/c21-16-8-14(10-20(16)11-15-5-2-6-25-15)17(22)19-9-12-3-1-4-13(7-12)18(23)24/h1-7,14H,8-11H2,(H,19,22)(H,23,24)/t14-/m1/s1. The maximum Gasteiger partial charge on any atom is 0.335 e. The summed E-state index contributed by atoms with van der Waals surface area (Å²) in [4.78, 5) is 36.9. The smallest absolute Gasteiger partial charge is 0.335 e. The number of carbonyl (C=O) groups is 3. The topological polar surface area (TPSA) is 99.8 Å². The second-order valence-electron chi connectivity index (χ2n) is 5.98. The summed E-state index contributed by atoms with van der Waals surface area (Å²) in [5, 5.41) is 11.8. The molecule has 0 aliphatic carbocycles. The van der Waals surface area contributed by atoms with E-state index < -0.39 is 11.9 Å². The monoisotopic (exact) mass is 342 g/mol. The number of nitrogens with one attached hydrogen (secondary N) is 1. The van der Waals surface area contributed by atoms with Gasteiger partial charge in [0.2, 0.25) is 11.8 Å². The van der Waals surface area contributed by atoms with E-state index in [1.54, 1.807) is 35.4 Å². The van der Waals surface area contributed by atoms with Gasteiger partial charge in [0.1, 0.15) is 5.76 Å². The van der Waals surface area contributed by atoms with Gasteiger partial charge in [-0.25, -0.2) is 4.79 Å². The lowest BCUT2D eigenvalue weighted by Gasteiger charge is -2.15.